The van der Waals surface area contributed by atoms with E-state index in [9.17, 15) is 9.59 Å². The third-order valence-electron chi connectivity index (χ3n) is 2.82. The molecule has 0 spiro atoms. The number of imide groups is 1. The third kappa shape index (κ3) is 2.64. The largest absolute Gasteiger partial charge is 0.370 e. The van der Waals surface area contributed by atoms with Gasteiger partial charge >= 0.3 is 0 Å². The summed E-state index contributed by atoms with van der Waals surface area (Å²) in [6.07, 6.45) is 0. The van der Waals surface area contributed by atoms with Crippen LogP contribution in [0.3, 0.4) is 0 Å². The second-order valence-electron chi connectivity index (χ2n) is 5.72. The zero-order chi connectivity index (χ0) is 15.1. The highest BCUT2D eigenvalue weighted by Gasteiger charge is 2.32. The number of carbonyl (C=O) groups excluding carboxylic acids is 2. The Morgan fingerprint density at radius 1 is 1.20 bits per heavy atom. The van der Waals surface area contributed by atoms with Crippen molar-refractivity contribution < 1.29 is 9.59 Å². The summed E-state index contributed by atoms with van der Waals surface area (Å²) in [5.74, 6) is -0.324. The molecule has 1 heterocycles. The molecule has 0 aromatic heterocycles. The maximum atomic E-state index is 11.9. The predicted octanol–water partition coefficient (Wildman–Crippen LogP) is 1.44. The topological polar surface area (TPSA) is 87.8 Å². The fraction of sp³-hybridized carbons (Fsp3) is 0.357. The minimum Gasteiger partial charge on any atom is -0.370 e. The highest BCUT2D eigenvalue weighted by atomic mass is 16.2. The van der Waals surface area contributed by atoms with E-state index in [0.717, 1.165) is 4.90 Å². The summed E-state index contributed by atoms with van der Waals surface area (Å²) in [4.78, 5) is 29.0. The average Bonchev–Trinajstić information content (AvgIpc) is 2.52. The number of benzene rings is 1. The molecule has 0 atom stereocenters. The van der Waals surface area contributed by atoms with Crippen LogP contribution in [0.15, 0.2) is 23.2 Å². The smallest absolute Gasteiger partial charge is 0.261 e. The maximum Gasteiger partial charge on any atom is 0.261 e. The summed E-state index contributed by atoms with van der Waals surface area (Å²) in [5, 5.41) is 2.92. The van der Waals surface area contributed by atoms with Crippen molar-refractivity contribution in [2.45, 2.75) is 26.3 Å². The minimum absolute atomic E-state index is 0.266. The van der Waals surface area contributed by atoms with E-state index in [4.69, 9.17) is 5.73 Å². The number of nitrogens with one attached hydrogen (secondary N) is 1. The summed E-state index contributed by atoms with van der Waals surface area (Å²) >= 11 is 0. The van der Waals surface area contributed by atoms with E-state index < -0.39 is 0 Å². The predicted molar refractivity (Wildman–Crippen MR) is 77.9 cm³/mol. The summed E-state index contributed by atoms with van der Waals surface area (Å²) in [6.45, 7) is 5.80. The van der Waals surface area contributed by atoms with Gasteiger partial charge in [-0.05, 0) is 39.0 Å². The van der Waals surface area contributed by atoms with Gasteiger partial charge in [0, 0.05) is 12.7 Å². The lowest BCUT2D eigenvalue weighted by Crippen LogP contribution is -2.27. The normalized spacial score (nSPS) is 15.6. The number of hydrogen-bond acceptors (Lipinski definition) is 3. The molecule has 0 saturated heterocycles. The molecule has 1 aliphatic rings. The molecule has 1 aromatic carbocycles. The Labute approximate surface area is 117 Å². The van der Waals surface area contributed by atoms with Crippen molar-refractivity contribution in [1.29, 1.82) is 0 Å². The van der Waals surface area contributed by atoms with Crippen molar-refractivity contribution in [3.8, 4) is 0 Å². The van der Waals surface area contributed by atoms with Gasteiger partial charge in [-0.1, -0.05) is 0 Å². The van der Waals surface area contributed by atoms with E-state index >= 15 is 0 Å². The molecular formula is C14H18N4O2. The van der Waals surface area contributed by atoms with Gasteiger partial charge in [0.15, 0.2) is 5.96 Å². The van der Waals surface area contributed by atoms with Gasteiger partial charge in [-0.15, -0.1) is 0 Å². The molecule has 0 unspecified atom stereocenters. The second-order valence-corrected chi connectivity index (χ2v) is 5.72. The van der Waals surface area contributed by atoms with Gasteiger partial charge in [0.05, 0.1) is 16.7 Å². The van der Waals surface area contributed by atoms with Crippen LogP contribution >= 0.6 is 0 Å². The number of hydrogen-bond donors (Lipinski definition) is 2. The molecule has 6 nitrogen and oxygen atoms in total. The van der Waals surface area contributed by atoms with E-state index in [1.807, 2.05) is 20.8 Å². The molecule has 0 saturated carbocycles. The quantitative estimate of drug-likeness (QED) is 0.461. The van der Waals surface area contributed by atoms with Crippen molar-refractivity contribution in [2.75, 3.05) is 12.4 Å². The van der Waals surface area contributed by atoms with Crippen molar-refractivity contribution in [3.63, 3.8) is 0 Å². The lowest BCUT2D eigenvalue weighted by Gasteiger charge is -2.14. The van der Waals surface area contributed by atoms with Gasteiger partial charge < -0.3 is 11.1 Å². The highest BCUT2D eigenvalue weighted by Crippen LogP contribution is 2.24. The zero-order valence-electron chi connectivity index (χ0n) is 12.0. The molecule has 6 heteroatoms. The van der Waals surface area contributed by atoms with Gasteiger partial charge in [-0.3, -0.25) is 14.5 Å². The fourth-order valence-corrected chi connectivity index (χ4v) is 1.98. The van der Waals surface area contributed by atoms with E-state index in [1.54, 1.807) is 18.2 Å². The number of carbonyl (C=O) groups is 2. The van der Waals surface area contributed by atoms with Crippen molar-refractivity contribution in [1.82, 2.24) is 4.90 Å². The van der Waals surface area contributed by atoms with E-state index in [-0.39, 0.29) is 23.3 Å². The maximum absolute atomic E-state index is 11.9. The van der Waals surface area contributed by atoms with Crippen molar-refractivity contribution >= 4 is 23.5 Å². The van der Waals surface area contributed by atoms with Crippen LogP contribution in [-0.2, 0) is 0 Å². The first kappa shape index (κ1) is 14.0. The lowest BCUT2D eigenvalue weighted by molar-refractivity contribution is 0.0693. The molecule has 0 aliphatic carbocycles. The molecule has 0 radical (unpaired) electrons. The van der Waals surface area contributed by atoms with Gasteiger partial charge in [0.1, 0.15) is 0 Å². The first-order chi connectivity index (χ1) is 9.19. The molecule has 2 rings (SSSR count). The Morgan fingerprint density at radius 3 is 2.40 bits per heavy atom. The van der Waals surface area contributed by atoms with E-state index in [2.05, 4.69) is 10.3 Å². The van der Waals surface area contributed by atoms with E-state index in [1.165, 1.54) is 7.05 Å². The number of nitrogens with two attached hydrogens (primary N) is 1. The first-order valence-corrected chi connectivity index (χ1v) is 6.28. The van der Waals surface area contributed by atoms with Gasteiger partial charge in [-0.25, -0.2) is 4.99 Å². The molecular weight excluding hydrogens is 256 g/mol. The Kier molecular flexibility index (Phi) is 3.25. The first-order valence-electron chi connectivity index (χ1n) is 6.28. The van der Waals surface area contributed by atoms with Crippen LogP contribution in [0.2, 0.25) is 0 Å². The van der Waals surface area contributed by atoms with E-state index in [0.29, 0.717) is 16.8 Å². The van der Waals surface area contributed by atoms with Gasteiger partial charge in [-0.2, -0.15) is 0 Å². The highest BCUT2D eigenvalue weighted by molar-refractivity contribution is 6.21. The number of nitrogens with zero attached hydrogens (tertiary/aromatic N) is 2. The average molecular weight is 274 g/mol. The Bertz CT molecular complexity index is 614. The molecule has 0 fully saturated rings. The number of rotatable bonds is 1. The third-order valence-corrected chi connectivity index (χ3v) is 2.82. The molecule has 3 N–H and O–H groups in total. The van der Waals surface area contributed by atoms with Gasteiger partial charge in [0.2, 0.25) is 0 Å². The monoisotopic (exact) mass is 274 g/mol. The number of anilines is 1. The van der Waals surface area contributed by atoms with Crippen LogP contribution in [0.25, 0.3) is 0 Å². The molecule has 106 valence electrons. The summed E-state index contributed by atoms with van der Waals surface area (Å²) in [5.41, 5.74) is 6.93. The Balaban J connectivity index is 2.28. The number of amides is 2. The van der Waals surface area contributed by atoms with Crippen LogP contribution in [0.5, 0.6) is 0 Å². The SMILES string of the molecule is CN1C(=O)c2ccc(NC(N)=NC(C)(C)C)cc2C1=O. The minimum atomic E-state index is -0.306. The van der Waals surface area contributed by atoms with Gasteiger partial charge in [0.25, 0.3) is 11.8 Å². The molecule has 2 amide bonds. The summed E-state index contributed by atoms with van der Waals surface area (Å²) in [7, 11) is 1.47. The lowest BCUT2D eigenvalue weighted by atomic mass is 10.1. The van der Waals surface area contributed by atoms with Crippen molar-refractivity contribution in [3.05, 3.63) is 29.3 Å². The van der Waals surface area contributed by atoms with Crippen molar-refractivity contribution in [2.24, 2.45) is 10.7 Å². The molecule has 0 bridgehead atoms. The Morgan fingerprint density at radius 2 is 1.80 bits per heavy atom. The fourth-order valence-electron chi connectivity index (χ4n) is 1.98. The second kappa shape index (κ2) is 4.63. The van der Waals surface area contributed by atoms with Crippen LogP contribution in [-0.4, -0.2) is 35.3 Å². The standard InChI is InChI=1S/C14H18N4O2/c1-14(2,3)17-13(15)16-8-5-6-9-10(7-8)12(20)18(4)11(9)19/h5-7H,1-4H3,(H3,15,16,17). The van der Waals surface area contributed by atoms with Crippen LogP contribution in [0.1, 0.15) is 41.5 Å². The summed E-state index contributed by atoms with van der Waals surface area (Å²) in [6, 6.07) is 4.93. The molecule has 1 aliphatic heterocycles. The zero-order valence-corrected chi connectivity index (χ0v) is 12.0. The number of guanidine groups is 1. The van der Waals surface area contributed by atoms with Crippen LogP contribution in [0.4, 0.5) is 5.69 Å². The van der Waals surface area contributed by atoms with Crippen LogP contribution in [0, 0.1) is 0 Å². The number of fused-ring (bicyclic) bond motifs is 1. The molecule has 1 aromatic rings. The molecule has 20 heavy (non-hydrogen) atoms. The van der Waals surface area contributed by atoms with Crippen LogP contribution < -0.4 is 11.1 Å². The Hall–Kier alpha value is -2.37. The summed E-state index contributed by atoms with van der Waals surface area (Å²) < 4.78 is 0. The number of aliphatic imine (C=N–C) groups is 1.